The first-order valence-corrected chi connectivity index (χ1v) is 7.51. The molecule has 0 fully saturated rings. The van der Waals surface area contributed by atoms with Gasteiger partial charge in [0.1, 0.15) is 5.75 Å². The van der Waals surface area contributed by atoms with Crippen molar-refractivity contribution in [1.82, 2.24) is 0 Å². The number of phenols is 1. The van der Waals surface area contributed by atoms with Crippen LogP contribution in [0, 0.1) is 6.92 Å². The molecule has 0 bridgehead atoms. The molecule has 0 unspecified atom stereocenters. The first kappa shape index (κ1) is 14.3. The van der Waals surface area contributed by atoms with Crippen LogP contribution < -0.4 is 5.14 Å². The Bertz CT molecular complexity index is 764. The first-order valence-electron chi connectivity index (χ1n) is 5.97. The molecule has 0 heterocycles. The van der Waals surface area contributed by atoms with Crippen LogP contribution in [0.3, 0.4) is 0 Å². The lowest BCUT2D eigenvalue weighted by molar-refractivity contribution is 0.475. The Hall–Kier alpha value is -2.11. The number of hydrogen-bond acceptors (Lipinski definition) is 3. The van der Waals surface area contributed by atoms with Gasteiger partial charge in [0.15, 0.2) is 0 Å². The van der Waals surface area contributed by atoms with Gasteiger partial charge in [0.05, 0.1) is 4.90 Å². The minimum Gasteiger partial charge on any atom is -0.508 e. The average molecular weight is 289 g/mol. The Morgan fingerprint density at radius 3 is 2.50 bits per heavy atom. The second kappa shape index (κ2) is 5.48. The molecule has 104 valence electrons. The zero-order valence-corrected chi connectivity index (χ0v) is 11.8. The summed E-state index contributed by atoms with van der Waals surface area (Å²) in [5.74, 6) is 0.218. The van der Waals surface area contributed by atoms with Gasteiger partial charge in [-0.1, -0.05) is 30.4 Å². The number of primary sulfonamides is 1. The molecule has 20 heavy (non-hydrogen) atoms. The number of hydrogen-bond donors (Lipinski definition) is 2. The van der Waals surface area contributed by atoms with E-state index in [1.165, 1.54) is 12.1 Å². The van der Waals surface area contributed by atoms with Crippen LogP contribution in [0.5, 0.6) is 5.75 Å². The SMILES string of the molecule is Cc1cc(O)ccc1/C=C/c1cccc(S(N)(=O)=O)c1. The molecule has 0 atom stereocenters. The fourth-order valence-electron chi connectivity index (χ4n) is 1.83. The predicted molar refractivity (Wildman–Crippen MR) is 79.6 cm³/mol. The quantitative estimate of drug-likeness (QED) is 0.852. The van der Waals surface area contributed by atoms with Crippen LogP contribution in [0.25, 0.3) is 12.2 Å². The monoisotopic (exact) mass is 289 g/mol. The van der Waals surface area contributed by atoms with Gasteiger partial charge in [0.2, 0.25) is 10.0 Å². The Kier molecular flexibility index (Phi) is 3.92. The van der Waals surface area contributed by atoms with Crippen LogP contribution in [0.1, 0.15) is 16.7 Å². The fourth-order valence-corrected chi connectivity index (χ4v) is 2.40. The number of aromatic hydroxyl groups is 1. The second-order valence-corrected chi connectivity index (χ2v) is 6.05. The molecule has 3 N–H and O–H groups in total. The maximum Gasteiger partial charge on any atom is 0.238 e. The van der Waals surface area contributed by atoms with Gasteiger partial charge >= 0.3 is 0 Å². The number of aryl methyl sites for hydroxylation is 1. The number of sulfonamides is 1. The van der Waals surface area contributed by atoms with Crippen LogP contribution in [0.15, 0.2) is 47.4 Å². The number of nitrogens with two attached hydrogens (primary N) is 1. The summed E-state index contributed by atoms with van der Waals surface area (Å²) in [7, 11) is -3.69. The molecule has 0 aromatic heterocycles. The molecule has 0 saturated carbocycles. The molecule has 0 amide bonds. The van der Waals surface area contributed by atoms with Crippen molar-refractivity contribution < 1.29 is 13.5 Å². The highest BCUT2D eigenvalue weighted by Crippen LogP contribution is 2.18. The molecule has 5 heteroatoms. The normalized spacial score (nSPS) is 11.9. The van der Waals surface area contributed by atoms with Crippen molar-refractivity contribution in [2.75, 3.05) is 0 Å². The molecule has 0 spiro atoms. The van der Waals surface area contributed by atoms with E-state index in [4.69, 9.17) is 5.14 Å². The van der Waals surface area contributed by atoms with Gasteiger partial charge in [-0.25, -0.2) is 13.6 Å². The highest BCUT2D eigenvalue weighted by Gasteiger charge is 2.06. The van der Waals surface area contributed by atoms with Crippen molar-refractivity contribution in [3.8, 4) is 5.75 Å². The molecule has 0 saturated heterocycles. The van der Waals surface area contributed by atoms with E-state index in [1.54, 1.807) is 36.4 Å². The Balaban J connectivity index is 2.32. The summed E-state index contributed by atoms with van der Waals surface area (Å²) in [5.41, 5.74) is 2.62. The van der Waals surface area contributed by atoms with E-state index in [9.17, 15) is 13.5 Å². The third-order valence-electron chi connectivity index (χ3n) is 2.90. The molecule has 2 rings (SSSR count). The van der Waals surface area contributed by atoms with Gasteiger partial charge in [0, 0.05) is 0 Å². The van der Waals surface area contributed by atoms with E-state index in [-0.39, 0.29) is 10.6 Å². The summed E-state index contributed by atoms with van der Waals surface area (Å²) in [6.07, 6.45) is 3.66. The van der Waals surface area contributed by atoms with Crippen molar-refractivity contribution in [2.24, 2.45) is 5.14 Å². The summed E-state index contributed by atoms with van der Waals surface area (Å²) in [4.78, 5) is 0.0853. The van der Waals surface area contributed by atoms with E-state index >= 15 is 0 Å². The Morgan fingerprint density at radius 2 is 1.85 bits per heavy atom. The van der Waals surface area contributed by atoms with Gasteiger partial charge in [-0.05, 0) is 47.9 Å². The lowest BCUT2D eigenvalue weighted by atomic mass is 10.1. The zero-order valence-electron chi connectivity index (χ0n) is 10.9. The molecular formula is C15H15NO3S. The lowest BCUT2D eigenvalue weighted by Crippen LogP contribution is -2.11. The van der Waals surface area contributed by atoms with E-state index in [0.29, 0.717) is 0 Å². The molecular weight excluding hydrogens is 274 g/mol. The van der Waals surface area contributed by atoms with Crippen LogP contribution in [0.4, 0.5) is 0 Å². The highest BCUT2D eigenvalue weighted by molar-refractivity contribution is 7.89. The molecule has 0 aliphatic carbocycles. The van der Waals surface area contributed by atoms with Crippen LogP contribution in [0.2, 0.25) is 0 Å². The summed E-state index contributed by atoms with van der Waals surface area (Å²) >= 11 is 0. The minimum atomic E-state index is -3.69. The third kappa shape index (κ3) is 3.46. The van der Waals surface area contributed by atoms with Crippen LogP contribution in [-0.4, -0.2) is 13.5 Å². The first-order chi connectivity index (χ1) is 9.36. The van der Waals surface area contributed by atoms with Gasteiger partial charge in [0.25, 0.3) is 0 Å². The van der Waals surface area contributed by atoms with Gasteiger partial charge in [-0.15, -0.1) is 0 Å². The Morgan fingerprint density at radius 1 is 1.10 bits per heavy atom. The zero-order chi connectivity index (χ0) is 14.8. The number of rotatable bonds is 3. The molecule has 2 aromatic carbocycles. The number of benzene rings is 2. The van der Waals surface area contributed by atoms with Crippen molar-refractivity contribution in [2.45, 2.75) is 11.8 Å². The molecule has 0 aliphatic heterocycles. The maximum absolute atomic E-state index is 11.3. The second-order valence-electron chi connectivity index (χ2n) is 4.49. The van der Waals surface area contributed by atoms with E-state index in [2.05, 4.69) is 0 Å². The average Bonchev–Trinajstić information content (AvgIpc) is 2.37. The summed E-state index contributed by atoms with van der Waals surface area (Å²) < 4.78 is 22.6. The maximum atomic E-state index is 11.3. The third-order valence-corrected chi connectivity index (χ3v) is 3.81. The number of phenolic OH excluding ortho intramolecular Hbond substituents is 1. The topological polar surface area (TPSA) is 80.4 Å². The van der Waals surface area contributed by atoms with Crippen molar-refractivity contribution >= 4 is 22.2 Å². The van der Waals surface area contributed by atoms with E-state index in [1.807, 2.05) is 13.0 Å². The molecule has 0 radical (unpaired) electrons. The van der Waals surface area contributed by atoms with Gasteiger partial charge in [-0.3, -0.25) is 0 Å². The Labute approximate surface area is 118 Å². The molecule has 0 aliphatic rings. The van der Waals surface area contributed by atoms with Crippen molar-refractivity contribution in [1.29, 1.82) is 0 Å². The highest BCUT2D eigenvalue weighted by atomic mass is 32.2. The summed E-state index contributed by atoms with van der Waals surface area (Å²) in [5, 5.41) is 14.4. The van der Waals surface area contributed by atoms with E-state index < -0.39 is 10.0 Å². The van der Waals surface area contributed by atoms with Crippen molar-refractivity contribution in [3.63, 3.8) is 0 Å². The minimum absolute atomic E-state index is 0.0853. The van der Waals surface area contributed by atoms with Crippen LogP contribution >= 0.6 is 0 Å². The van der Waals surface area contributed by atoms with Crippen molar-refractivity contribution in [3.05, 3.63) is 59.2 Å². The van der Waals surface area contributed by atoms with Crippen LogP contribution in [-0.2, 0) is 10.0 Å². The summed E-state index contributed by atoms with van der Waals surface area (Å²) in [6, 6.07) is 11.5. The smallest absolute Gasteiger partial charge is 0.238 e. The van der Waals surface area contributed by atoms with Gasteiger partial charge < -0.3 is 5.11 Å². The predicted octanol–water partition coefficient (Wildman–Crippen LogP) is 2.52. The largest absolute Gasteiger partial charge is 0.508 e. The molecule has 4 nitrogen and oxygen atoms in total. The molecule has 2 aromatic rings. The fraction of sp³-hybridized carbons (Fsp3) is 0.0667. The van der Waals surface area contributed by atoms with Gasteiger partial charge in [-0.2, -0.15) is 0 Å². The van der Waals surface area contributed by atoms with E-state index in [0.717, 1.165) is 16.7 Å². The summed E-state index contributed by atoms with van der Waals surface area (Å²) in [6.45, 7) is 1.89. The standard InChI is InChI=1S/C15H15NO3S/c1-11-9-14(17)8-7-13(11)6-5-12-3-2-4-15(10-12)20(16,18)19/h2-10,17H,1H3,(H2,16,18,19)/b6-5+. The lowest BCUT2D eigenvalue weighted by Gasteiger charge is -2.02.